The summed E-state index contributed by atoms with van der Waals surface area (Å²) < 4.78 is 0. The second-order valence-electron chi connectivity index (χ2n) is 6.85. The van der Waals surface area contributed by atoms with Crippen molar-refractivity contribution in [1.82, 2.24) is 15.2 Å². The number of nitrogens with one attached hydrogen (secondary N) is 1. The van der Waals surface area contributed by atoms with E-state index in [0.717, 1.165) is 28.5 Å². The highest BCUT2D eigenvalue weighted by atomic mass is 32.2. The molecule has 0 bridgehead atoms. The lowest BCUT2D eigenvalue weighted by Gasteiger charge is -2.28. The minimum atomic E-state index is -0.0109. The van der Waals surface area contributed by atoms with Crippen LogP contribution in [0.15, 0.2) is 40.1 Å². The van der Waals surface area contributed by atoms with E-state index >= 15 is 0 Å². The molecule has 0 saturated carbocycles. The average Bonchev–Trinajstić information content (AvgIpc) is 3.03. The fraction of sp³-hybridized carbons (Fsp3) is 0.444. The number of hydrogen-bond donors (Lipinski definition) is 1. The number of carbonyl (C=O) groups excluding carboxylic acids is 1. The lowest BCUT2D eigenvalue weighted by molar-refractivity contribution is 0.0926. The number of nitrogens with zero attached hydrogens (tertiary/aromatic N) is 2. The minimum Gasteiger partial charge on any atom is -0.351 e. The van der Waals surface area contributed by atoms with Gasteiger partial charge >= 0.3 is 0 Å². The number of hydrogen-bond acceptors (Lipinski definition) is 5. The van der Waals surface area contributed by atoms with Crippen LogP contribution < -0.4 is 5.32 Å². The maximum Gasteiger partial charge on any atom is 0.252 e. The van der Waals surface area contributed by atoms with Gasteiger partial charge in [-0.15, -0.1) is 23.1 Å². The molecule has 1 aromatic carbocycles. The quantitative estimate of drug-likeness (QED) is 0.726. The normalized spacial score (nSPS) is 11.7. The molecular weight excluding hydrogens is 338 g/mol. The number of thioether (sulfide) groups is 1. The molecule has 24 heavy (non-hydrogen) atoms. The molecule has 0 aliphatic carbocycles. The summed E-state index contributed by atoms with van der Waals surface area (Å²) in [5.41, 5.74) is 3.65. The predicted molar refractivity (Wildman–Crippen MR) is 103 cm³/mol. The van der Waals surface area contributed by atoms with Gasteiger partial charge in [-0.05, 0) is 31.6 Å². The Balaban J connectivity index is 1.98. The van der Waals surface area contributed by atoms with Crippen molar-refractivity contribution >= 4 is 29.0 Å². The molecule has 0 spiro atoms. The summed E-state index contributed by atoms with van der Waals surface area (Å²) in [5.74, 6) is 0.767. The van der Waals surface area contributed by atoms with Crippen molar-refractivity contribution in [3.05, 3.63) is 46.4 Å². The van der Waals surface area contributed by atoms with Crippen molar-refractivity contribution in [2.45, 2.75) is 24.5 Å². The Morgan fingerprint density at radius 1 is 1.33 bits per heavy atom. The fourth-order valence-corrected chi connectivity index (χ4v) is 4.18. The largest absolute Gasteiger partial charge is 0.351 e. The second kappa shape index (κ2) is 8.65. The molecule has 0 aliphatic heterocycles. The maximum absolute atomic E-state index is 12.6. The molecule has 0 atom stereocenters. The van der Waals surface area contributed by atoms with Crippen LogP contribution in [0, 0.1) is 5.41 Å². The van der Waals surface area contributed by atoms with E-state index in [0.29, 0.717) is 6.54 Å². The Labute approximate surface area is 152 Å². The molecule has 1 heterocycles. The second-order valence-corrected chi connectivity index (χ2v) is 8.59. The lowest BCUT2D eigenvalue weighted by Crippen LogP contribution is -2.40. The number of amides is 1. The fourth-order valence-electron chi connectivity index (χ4n) is 2.57. The summed E-state index contributed by atoms with van der Waals surface area (Å²) >= 11 is 3.25. The van der Waals surface area contributed by atoms with Crippen molar-refractivity contribution in [2.75, 3.05) is 27.2 Å². The molecule has 1 aromatic heterocycles. The molecule has 1 N–H and O–H groups in total. The van der Waals surface area contributed by atoms with Crippen LogP contribution in [0.2, 0.25) is 0 Å². The third-order valence-electron chi connectivity index (χ3n) is 3.46. The van der Waals surface area contributed by atoms with Crippen LogP contribution in [-0.4, -0.2) is 43.0 Å². The summed E-state index contributed by atoms with van der Waals surface area (Å²) in [6.07, 6.45) is 0. The summed E-state index contributed by atoms with van der Waals surface area (Å²) in [6.45, 7) is 5.90. The van der Waals surface area contributed by atoms with Gasteiger partial charge in [-0.3, -0.25) is 4.79 Å². The van der Waals surface area contributed by atoms with Crippen LogP contribution in [0.3, 0.4) is 0 Å². The van der Waals surface area contributed by atoms with Crippen molar-refractivity contribution in [3.8, 4) is 0 Å². The topological polar surface area (TPSA) is 45.2 Å². The molecule has 0 saturated heterocycles. The smallest absolute Gasteiger partial charge is 0.252 e. The summed E-state index contributed by atoms with van der Waals surface area (Å²) in [6, 6.07) is 7.76. The maximum atomic E-state index is 12.6. The minimum absolute atomic E-state index is 0.0109. The molecule has 130 valence electrons. The summed E-state index contributed by atoms with van der Waals surface area (Å²) in [5, 5.41) is 5.13. The highest BCUT2D eigenvalue weighted by Gasteiger charge is 2.21. The summed E-state index contributed by atoms with van der Waals surface area (Å²) in [7, 11) is 4.10. The van der Waals surface area contributed by atoms with E-state index in [2.05, 4.69) is 29.0 Å². The zero-order valence-corrected chi connectivity index (χ0v) is 16.3. The zero-order valence-electron chi connectivity index (χ0n) is 14.7. The first kappa shape index (κ1) is 19.0. The van der Waals surface area contributed by atoms with Crippen molar-refractivity contribution in [1.29, 1.82) is 0 Å². The van der Waals surface area contributed by atoms with Crippen molar-refractivity contribution < 1.29 is 4.79 Å². The van der Waals surface area contributed by atoms with E-state index in [9.17, 15) is 4.79 Å². The van der Waals surface area contributed by atoms with E-state index in [1.807, 2.05) is 49.3 Å². The Morgan fingerprint density at radius 2 is 2.08 bits per heavy atom. The van der Waals surface area contributed by atoms with Gasteiger partial charge in [-0.25, -0.2) is 4.98 Å². The predicted octanol–water partition coefficient (Wildman–Crippen LogP) is 3.75. The van der Waals surface area contributed by atoms with Crippen LogP contribution >= 0.6 is 23.1 Å². The number of benzene rings is 1. The van der Waals surface area contributed by atoms with Crippen LogP contribution in [0.5, 0.6) is 0 Å². The van der Waals surface area contributed by atoms with Gasteiger partial charge in [0.05, 0.1) is 16.8 Å². The molecule has 4 nitrogen and oxygen atoms in total. The Kier molecular flexibility index (Phi) is 6.83. The lowest BCUT2D eigenvalue weighted by atomic mass is 9.93. The van der Waals surface area contributed by atoms with E-state index in [-0.39, 0.29) is 11.3 Å². The van der Waals surface area contributed by atoms with Crippen LogP contribution in [0.1, 0.15) is 29.9 Å². The third kappa shape index (κ3) is 5.92. The zero-order chi connectivity index (χ0) is 17.6. The van der Waals surface area contributed by atoms with Gasteiger partial charge in [0, 0.05) is 29.1 Å². The van der Waals surface area contributed by atoms with Gasteiger partial charge in [0.2, 0.25) is 0 Å². The van der Waals surface area contributed by atoms with Crippen LogP contribution in [-0.2, 0) is 5.75 Å². The van der Waals surface area contributed by atoms with Crippen LogP contribution in [0.25, 0.3) is 0 Å². The number of thiazole rings is 1. The van der Waals surface area contributed by atoms with E-state index in [1.54, 1.807) is 23.1 Å². The van der Waals surface area contributed by atoms with Gasteiger partial charge in [-0.1, -0.05) is 26.0 Å². The standard InChI is InChI=1S/C18H25N3OS2/c1-18(2,12-21(3)4)11-19-17(22)15-7-5-6-8-16(15)24-10-14-9-23-13-20-14/h5-9,13H,10-12H2,1-4H3,(H,19,22). The van der Waals surface area contributed by atoms with E-state index < -0.39 is 0 Å². The molecular formula is C18H25N3OS2. The monoisotopic (exact) mass is 363 g/mol. The first-order valence-corrected chi connectivity index (χ1v) is 9.82. The van der Waals surface area contributed by atoms with Gasteiger partial charge in [-0.2, -0.15) is 0 Å². The molecule has 0 unspecified atom stereocenters. The third-order valence-corrected chi connectivity index (χ3v) is 5.20. The molecule has 0 radical (unpaired) electrons. The SMILES string of the molecule is CN(C)CC(C)(C)CNC(=O)c1ccccc1SCc1cscn1. The summed E-state index contributed by atoms with van der Waals surface area (Å²) in [4.78, 5) is 20.0. The van der Waals surface area contributed by atoms with Gasteiger partial charge in [0.15, 0.2) is 0 Å². The Hall–Kier alpha value is -1.37. The molecule has 2 aromatic rings. The number of carbonyl (C=O) groups is 1. The highest BCUT2D eigenvalue weighted by molar-refractivity contribution is 7.98. The Morgan fingerprint density at radius 3 is 2.75 bits per heavy atom. The molecule has 0 aliphatic rings. The van der Waals surface area contributed by atoms with E-state index in [1.165, 1.54) is 0 Å². The Bertz CT molecular complexity index is 654. The van der Waals surface area contributed by atoms with Crippen molar-refractivity contribution in [3.63, 3.8) is 0 Å². The molecule has 1 amide bonds. The van der Waals surface area contributed by atoms with Crippen LogP contribution in [0.4, 0.5) is 0 Å². The van der Waals surface area contributed by atoms with Crippen molar-refractivity contribution in [2.24, 2.45) is 5.41 Å². The first-order chi connectivity index (χ1) is 11.4. The van der Waals surface area contributed by atoms with Gasteiger partial charge in [0.1, 0.15) is 0 Å². The molecule has 0 fully saturated rings. The average molecular weight is 364 g/mol. The van der Waals surface area contributed by atoms with E-state index in [4.69, 9.17) is 0 Å². The number of aromatic nitrogens is 1. The molecule has 6 heteroatoms. The van der Waals surface area contributed by atoms with Gasteiger partial charge < -0.3 is 10.2 Å². The molecule has 2 rings (SSSR count). The highest BCUT2D eigenvalue weighted by Crippen LogP contribution is 2.26. The first-order valence-electron chi connectivity index (χ1n) is 7.89. The number of rotatable bonds is 8. The van der Waals surface area contributed by atoms with Gasteiger partial charge in [0.25, 0.3) is 5.91 Å².